The molecular formula is C27H26ClNO5. The van der Waals surface area contributed by atoms with Crippen LogP contribution in [-0.4, -0.2) is 31.9 Å². The van der Waals surface area contributed by atoms with E-state index in [2.05, 4.69) is 0 Å². The van der Waals surface area contributed by atoms with Gasteiger partial charge < -0.3 is 14.4 Å². The van der Waals surface area contributed by atoms with Gasteiger partial charge >= 0.3 is 11.9 Å². The van der Waals surface area contributed by atoms with Gasteiger partial charge in [-0.3, -0.25) is 4.79 Å². The van der Waals surface area contributed by atoms with E-state index in [1.807, 2.05) is 44.2 Å². The molecule has 0 aromatic heterocycles. The second-order valence-electron chi connectivity index (χ2n) is 9.20. The van der Waals surface area contributed by atoms with E-state index in [4.69, 9.17) is 21.1 Å². The maximum absolute atomic E-state index is 13.7. The monoisotopic (exact) mass is 479 g/mol. The molecule has 4 rings (SSSR count). The number of anilines is 1. The molecule has 1 heterocycles. The standard InChI is InChI=1S/C27H26ClNO5/c1-27(2)14-19-22(20(30)15-27)21(16-10-12-17(28)13-11-16)23(25(31)33-3)24(26(32)34-4)29(19)18-8-6-5-7-9-18/h5-13,21H,14-15H2,1-4H3. The zero-order valence-electron chi connectivity index (χ0n) is 19.6. The number of allylic oxidation sites excluding steroid dienone is 2. The summed E-state index contributed by atoms with van der Waals surface area (Å²) in [6, 6.07) is 16.1. The molecular weight excluding hydrogens is 454 g/mol. The summed E-state index contributed by atoms with van der Waals surface area (Å²) in [5, 5.41) is 0.521. The lowest BCUT2D eigenvalue weighted by Crippen LogP contribution is -2.43. The number of methoxy groups -OCH3 is 2. The Labute approximate surface area is 203 Å². The maximum atomic E-state index is 13.7. The zero-order valence-corrected chi connectivity index (χ0v) is 20.3. The highest BCUT2D eigenvalue weighted by atomic mass is 35.5. The van der Waals surface area contributed by atoms with Crippen molar-refractivity contribution in [3.8, 4) is 0 Å². The minimum absolute atomic E-state index is 0.0461. The first-order chi connectivity index (χ1) is 16.2. The molecule has 34 heavy (non-hydrogen) atoms. The number of ether oxygens (including phenoxy) is 2. The molecule has 1 atom stereocenters. The maximum Gasteiger partial charge on any atom is 0.355 e. The molecule has 0 amide bonds. The van der Waals surface area contributed by atoms with Gasteiger partial charge in [0.2, 0.25) is 0 Å². The van der Waals surface area contributed by atoms with Gasteiger partial charge in [-0.15, -0.1) is 0 Å². The van der Waals surface area contributed by atoms with Crippen LogP contribution in [0.1, 0.15) is 38.2 Å². The Bertz CT molecular complexity index is 1210. The topological polar surface area (TPSA) is 72.9 Å². The first-order valence-electron chi connectivity index (χ1n) is 11.0. The van der Waals surface area contributed by atoms with Crippen molar-refractivity contribution in [1.82, 2.24) is 0 Å². The highest BCUT2D eigenvalue weighted by Crippen LogP contribution is 2.51. The molecule has 2 aromatic carbocycles. The number of rotatable bonds is 4. The Kier molecular flexibility index (Phi) is 6.36. The van der Waals surface area contributed by atoms with Gasteiger partial charge in [-0.1, -0.05) is 55.8 Å². The smallest absolute Gasteiger partial charge is 0.355 e. The van der Waals surface area contributed by atoms with E-state index in [0.717, 1.165) is 0 Å². The molecule has 176 valence electrons. The van der Waals surface area contributed by atoms with Crippen LogP contribution in [0.15, 0.2) is 77.1 Å². The second kappa shape index (κ2) is 9.11. The average molecular weight is 480 g/mol. The van der Waals surface area contributed by atoms with E-state index in [9.17, 15) is 14.4 Å². The molecule has 2 aliphatic rings. The summed E-state index contributed by atoms with van der Waals surface area (Å²) in [7, 11) is 2.52. The fourth-order valence-corrected chi connectivity index (χ4v) is 4.96. The fourth-order valence-electron chi connectivity index (χ4n) is 4.84. The quantitative estimate of drug-likeness (QED) is 0.562. The number of esters is 2. The summed E-state index contributed by atoms with van der Waals surface area (Å²) in [5.74, 6) is -2.26. The Morgan fingerprint density at radius 3 is 2.15 bits per heavy atom. The summed E-state index contributed by atoms with van der Waals surface area (Å²) in [5.41, 5.74) is 2.25. The lowest BCUT2D eigenvalue weighted by molar-refractivity contribution is -0.139. The predicted octanol–water partition coefficient (Wildman–Crippen LogP) is 5.19. The summed E-state index contributed by atoms with van der Waals surface area (Å²) in [6.45, 7) is 4.04. The molecule has 0 saturated heterocycles. The molecule has 7 heteroatoms. The van der Waals surface area contributed by atoms with Crippen molar-refractivity contribution in [2.45, 2.75) is 32.6 Å². The minimum Gasteiger partial charge on any atom is -0.466 e. The Morgan fingerprint density at radius 1 is 0.941 bits per heavy atom. The van der Waals surface area contributed by atoms with Crippen LogP contribution < -0.4 is 4.90 Å². The number of carbonyl (C=O) groups is 3. The zero-order chi connectivity index (χ0) is 24.6. The number of para-hydroxylation sites is 1. The number of carbonyl (C=O) groups excluding carboxylic acids is 3. The van der Waals surface area contributed by atoms with Gasteiger partial charge in [0.05, 0.1) is 19.8 Å². The third-order valence-electron chi connectivity index (χ3n) is 6.22. The number of halogens is 1. The van der Waals surface area contributed by atoms with Crippen molar-refractivity contribution in [3.63, 3.8) is 0 Å². The van der Waals surface area contributed by atoms with Crippen molar-refractivity contribution in [2.24, 2.45) is 5.41 Å². The summed E-state index contributed by atoms with van der Waals surface area (Å²) >= 11 is 6.12. The number of nitrogens with zero attached hydrogens (tertiary/aromatic N) is 1. The number of hydrogen-bond donors (Lipinski definition) is 0. The predicted molar refractivity (Wildman–Crippen MR) is 129 cm³/mol. The third-order valence-corrected chi connectivity index (χ3v) is 6.48. The molecule has 1 unspecified atom stereocenters. The molecule has 6 nitrogen and oxygen atoms in total. The van der Waals surface area contributed by atoms with Gasteiger partial charge in [-0.2, -0.15) is 0 Å². The van der Waals surface area contributed by atoms with Crippen molar-refractivity contribution in [1.29, 1.82) is 0 Å². The van der Waals surface area contributed by atoms with Crippen molar-refractivity contribution < 1.29 is 23.9 Å². The largest absolute Gasteiger partial charge is 0.466 e. The van der Waals surface area contributed by atoms with Crippen molar-refractivity contribution in [3.05, 3.63) is 87.7 Å². The van der Waals surface area contributed by atoms with Crippen molar-refractivity contribution in [2.75, 3.05) is 19.1 Å². The molecule has 0 spiro atoms. The van der Waals surface area contributed by atoms with Crippen LogP contribution in [0.25, 0.3) is 0 Å². The summed E-state index contributed by atoms with van der Waals surface area (Å²) in [4.78, 5) is 41.9. The minimum atomic E-state index is -0.794. The third kappa shape index (κ3) is 4.14. The SMILES string of the molecule is COC(=O)C1=C(C(=O)OC)N(c2ccccc2)C2=C(C(=O)CC(C)(C)C2)C1c1ccc(Cl)cc1. The first kappa shape index (κ1) is 23.8. The first-order valence-corrected chi connectivity index (χ1v) is 11.3. The van der Waals surface area contributed by atoms with Gasteiger partial charge in [0.15, 0.2) is 5.78 Å². The number of hydrogen-bond acceptors (Lipinski definition) is 6. The van der Waals surface area contributed by atoms with Gasteiger partial charge in [0.25, 0.3) is 0 Å². The van der Waals surface area contributed by atoms with Gasteiger partial charge in [0.1, 0.15) is 5.70 Å². The van der Waals surface area contributed by atoms with Crippen LogP contribution in [0.2, 0.25) is 5.02 Å². The summed E-state index contributed by atoms with van der Waals surface area (Å²) in [6.07, 6.45) is 0.850. The fraction of sp³-hybridized carbons (Fsp3) is 0.296. The Morgan fingerprint density at radius 2 is 1.56 bits per heavy atom. The lowest BCUT2D eigenvalue weighted by atomic mass is 9.68. The molecule has 1 aliphatic carbocycles. The lowest BCUT2D eigenvalue weighted by Gasteiger charge is -2.44. The summed E-state index contributed by atoms with van der Waals surface area (Å²) < 4.78 is 10.3. The van der Waals surface area contributed by atoms with Crippen LogP contribution >= 0.6 is 11.6 Å². The molecule has 2 aromatic rings. The molecule has 0 fully saturated rings. The van der Waals surface area contributed by atoms with Crippen LogP contribution in [0.3, 0.4) is 0 Å². The van der Waals surface area contributed by atoms with E-state index in [0.29, 0.717) is 40.4 Å². The normalized spacial score (nSPS) is 19.6. The van der Waals surface area contributed by atoms with E-state index < -0.39 is 17.9 Å². The molecule has 0 saturated carbocycles. The van der Waals surface area contributed by atoms with Crippen LogP contribution in [-0.2, 0) is 23.9 Å². The van der Waals surface area contributed by atoms with Crippen LogP contribution in [0.4, 0.5) is 5.69 Å². The van der Waals surface area contributed by atoms with E-state index >= 15 is 0 Å². The van der Waals surface area contributed by atoms with Crippen LogP contribution in [0, 0.1) is 5.41 Å². The van der Waals surface area contributed by atoms with Gasteiger partial charge in [-0.25, -0.2) is 9.59 Å². The van der Waals surface area contributed by atoms with E-state index in [1.54, 1.807) is 29.2 Å². The van der Waals surface area contributed by atoms with Crippen LogP contribution in [0.5, 0.6) is 0 Å². The average Bonchev–Trinajstić information content (AvgIpc) is 2.82. The number of ketones is 1. The Hall–Kier alpha value is -3.38. The van der Waals surface area contributed by atoms with E-state index in [-0.39, 0.29) is 22.5 Å². The molecule has 1 aliphatic heterocycles. The highest BCUT2D eigenvalue weighted by Gasteiger charge is 2.48. The van der Waals surface area contributed by atoms with Gasteiger partial charge in [0, 0.05) is 34.3 Å². The van der Waals surface area contributed by atoms with Crippen molar-refractivity contribution >= 4 is 35.0 Å². The highest BCUT2D eigenvalue weighted by molar-refractivity contribution is 6.30. The number of Topliss-reactive ketones (excluding diaryl/α,β-unsaturated/α-hetero) is 1. The Balaban J connectivity index is 2.12. The molecule has 0 bridgehead atoms. The van der Waals surface area contributed by atoms with E-state index in [1.165, 1.54) is 14.2 Å². The number of benzene rings is 2. The van der Waals surface area contributed by atoms with Gasteiger partial charge in [-0.05, 0) is 41.7 Å². The molecule has 0 N–H and O–H groups in total. The molecule has 0 radical (unpaired) electrons. The second-order valence-corrected chi connectivity index (χ2v) is 9.64.